The number of fused-ring (bicyclic) bond motifs is 1. The lowest BCUT2D eigenvalue weighted by Gasteiger charge is -1.86. The predicted octanol–water partition coefficient (Wildman–Crippen LogP) is 0.728. The second-order valence-electron chi connectivity index (χ2n) is 2.44. The molecule has 0 saturated carbocycles. The van der Waals surface area contributed by atoms with Gasteiger partial charge in [0.1, 0.15) is 6.07 Å². The Hall–Kier alpha value is -2.02. The predicted molar refractivity (Wildman–Crippen MR) is 43.6 cm³/mol. The molecule has 0 radical (unpaired) electrons. The lowest BCUT2D eigenvalue weighted by molar-refractivity contribution is 1.26. The molecule has 2 aromatic heterocycles. The number of pyridine rings is 1. The first-order valence-corrected chi connectivity index (χ1v) is 3.41. The second-order valence-corrected chi connectivity index (χ2v) is 2.44. The third-order valence-corrected chi connectivity index (χ3v) is 1.71. The topological polar surface area (TPSA) is 72.4 Å². The molecule has 2 N–H and O–H groups in total. The normalized spacial score (nSPS) is 9.92. The number of hydrogen-bond acceptors (Lipinski definition) is 2. The minimum atomic E-state index is -0.172. The van der Waals surface area contributed by atoms with E-state index in [9.17, 15) is 4.79 Å². The zero-order valence-corrected chi connectivity index (χ0v) is 6.09. The van der Waals surface area contributed by atoms with Gasteiger partial charge in [0.25, 0.3) is 0 Å². The monoisotopic (exact) mass is 159 g/mol. The van der Waals surface area contributed by atoms with Gasteiger partial charge < -0.3 is 9.97 Å². The number of hydrogen-bond donors (Lipinski definition) is 2. The highest BCUT2D eigenvalue weighted by Crippen LogP contribution is 2.13. The maximum Gasteiger partial charge on any atom is 0.250 e. The fourth-order valence-electron chi connectivity index (χ4n) is 1.13. The summed E-state index contributed by atoms with van der Waals surface area (Å²) < 4.78 is 0. The van der Waals surface area contributed by atoms with Gasteiger partial charge in [-0.15, -0.1) is 0 Å². The zero-order chi connectivity index (χ0) is 8.55. The van der Waals surface area contributed by atoms with Gasteiger partial charge in [-0.05, 0) is 0 Å². The molecule has 0 aromatic carbocycles. The van der Waals surface area contributed by atoms with Gasteiger partial charge in [-0.3, -0.25) is 4.79 Å². The molecule has 12 heavy (non-hydrogen) atoms. The number of rotatable bonds is 0. The number of H-pyrrole nitrogens is 2. The van der Waals surface area contributed by atoms with E-state index in [1.165, 1.54) is 12.3 Å². The Bertz CT molecular complexity index is 515. The lowest BCUT2D eigenvalue weighted by Crippen LogP contribution is -2.01. The Morgan fingerprint density at radius 1 is 1.33 bits per heavy atom. The summed E-state index contributed by atoms with van der Waals surface area (Å²) in [4.78, 5) is 16.2. The van der Waals surface area contributed by atoms with Crippen LogP contribution in [0.15, 0.2) is 23.3 Å². The fourth-order valence-corrected chi connectivity index (χ4v) is 1.13. The molecular weight excluding hydrogens is 154 g/mol. The van der Waals surface area contributed by atoms with Crippen molar-refractivity contribution >= 4 is 10.9 Å². The molecule has 0 atom stereocenters. The summed E-state index contributed by atoms with van der Waals surface area (Å²) in [7, 11) is 0. The van der Waals surface area contributed by atoms with Crippen molar-refractivity contribution in [1.82, 2.24) is 9.97 Å². The van der Waals surface area contributed by atoms with Crippen molar-refractivity contribution in [3.63, 3.8) is 0 Å². The van der Waals surface area contributed by atoms with Gasteiger partial charge in [0.05, 0.1) is 11.1 Å². The maximum atomic E-state index is 10.8. The molecule has 0 saturated heterocycles. The summed E-state index contributed by atoms with van der Waals surface area (Å²) in [6.07, 6.45) is 3.12. The van der Waals surface area contributed by atoms with E-state index in [0.29, 0.717) is 11.1 Å². The number of aromatic nitrogens is 2. The van der Waals surface area contributed by atoms with Gasteiger partial charge >= 0.3 is 0 Å². The van der Waals surface area contributed by atoms with E-state index in [0.717, 1.165) is 5.39 Å². The van der Waals surface area contributed by atoms with E-state index in [1.807, 2.05) is 6.07 Å². The number of nitrogens with one attached hydrogen (secondary N) is 2. The smallest absolute Gasteiger partial charge is 0.250 e. The van der Waals surface area contributed by atoms with Crippen LogP contribution >= 0.6 is 0 Å². The van der Waals surface area contributed by atoms with Gasteiger partial charge in [-0.25, -0.2) is 0 Å². The van der Waals surface area contributed by atoms with Crippen molar-refractivity contribution in [2.24, 2.45) is 0 Å². The van der Waals surface area contributed by atoms with Crippen molar-refractivity contribution in [3.05, 3.63) is 34.4 Å². The van der Waals surface area contributed by atoms with E-state index in [-0.39, 0.29) is 5.56 Å². The van der Waals surface area contributed by atoms with Crippen LogP contribution in [-0.4, -0.2) is 9.97 Å². The average Bonchev–Trinajstić information content (AvgIpc) is 2.46. The average molecular weight is 159 g/mol. The van der Waals surface area contributed by atoms with Crippen LogP contribution in [0.4, 0.5) is 0 Å². The molecule has 0 aliphatic carbocycles. The van der Waals surface area contributed by atoms with Crippen LogP contribution in [0.3, 0.4) is 0 Å². The van der Waals surface area contributed by atoms with E-state index in [4.69, 9.17) is 5.26 Å². The van der Waals surface area contributed by atoms with E-state index in [1.54, 1.807) is 6.20 Å². The molecule has 2 heterocycles. The molecule has 4 heteroatoms. The molecule has 0 aliphatic rings. The Morgan fingerprint density at radius 3 is 2.92 bits per heavy atom. The minimum Gasteiger partial charge on any atom is -0.360 e. The third kappa shape index (κ3) is 0.805. The summed E-state index contributed by atoms with van der Waals surface area (Å²) >= 11 is 0. The van der Waals surface area contributed by atoms with Crippen LogP contribution < -0.4 is 5.56 Å². The molecule has 4 nitrogen and oxygen atoms in total. The van der Waals surface area contributed by atoms with Crippen LogP contribution in [0.2, 0.25) is 0 Å². The SMILES string of the molecule is N#Cc1c[nH]c2cc(=O)[nH]cc12. The lowest BCUT2D eigenvalue weighted by atomic mass is 10.2. The molecule has 2 rings (SSSR count). The maximum absolute atomic E-state index is 10.8. The highest BCUT2D eigenvalue weighted by molar-refractivity contribution is 5.84. The van der Waals surface area contributed by atoms with E-state index < -0.39 is 0 Å². The second kappa shape index (κ2) is 2.24. The van der Waals surface area contributed by atoms with Crippen LogP contribution in [0.1, 0.15) is 5.56 Å². The Labute approximate surface area is 67.5 Å². The standard InChI is InChI=1S/C8H5N3O/c9-2-5-3-10-7-1-8(12)11-4-6(5)7/h1,3-4,10H,(H,11,12). The van der Waals surface area contributed by atoms with Crippen LogP contribution in [0.25, 0.3) is 10.9 Å². The Morgan fingerprint density at radius 2 is 2.17 bits per heavy atom. The molecule has 0 fully saturated rings. The molecule has 2 aromatic rings. The fraction of sp³-hybridized carbons (Fsp3) is 0. The first-order chi connectivity index (χ1) is 5.81. The van der Waals surface area contributed by atoms with Crippen molar-refractivity contribution < 1.29 is 0 Å². The molecule has 0 bridgehead atoms. The molecule has 58 valence electrons. The quantitative estimate of drug-likeness (QED) is 0.594. The van der Waals surface area contributed by atoms with Gasteiger partial charge in [0, 0.05) is 23.8 Å². The van der Waals surface area contributed by atoms with E-state index >= 15 is 0 Å². The molecule has 0 aliphatic heterocycles. The largest absolute Gasteiger partial charge is 0.360 e. The van der Waals surface area contributed by atoms with Crippen molar-refractivity contribution in [1.29, 1.82) is 5.26 Å². The Balaban J connectivity index is 2.93. The van der Waals surface area contributed by atoms with Crippen molar-refractivity contribution in [3.8, 4) is 6.07 Å². The number of nitrogens with zero attached hydrogens (tertiary/aromatic N) is 1. The zero-order valence-electron chi connectivity index (χ0n) is 6.09. The first kappa shape index (κ1) is 6.68. The number of aromatic amines is 2. The first-order valence-electron chi connectivity index (χ1n) is 3.41. The van der Waals surface area contributed by atoms with Crippen LogP contribution in [0.5, 0.6) is 0 Å². The highest BCUT2D eigenvalue weighted by atomic mass is 16.1. The molecule has 0 unspecified atom stereocenters. The van der Waals surface area contributed by atoms with Crippen LogP contribution in [0, 0.1) is 11.3 Å². The van der Waals surface area contributed by atoms with Gasteiger partial charge in [-0.2, -0.15) is 5.26 Å². The third-order valence-electron chi connectivity index (χ3n) is 1.71. The summed E-state index contributed by atoms with van der Waals surface area (Å²) in [5, 5.41) is 9.38. The summed E-state index contributed by atoms with van der Waals surface area (Å²) in [6.45, 7) is 0. The summed E-state index contributed by atoms with van der Waals surface area (Å²) in [5.74, 6) is 0. The van der Waals surface area contributed by atoms with Gasteiger partial charge in [-0.1, -0.05) is 0 Å². The summed E-state index contributed by atoms with van der Waals surface area (Å²) in [5.41, 5.74) is 1.06. The highest BCUT2D eigenvalue weighted by Gasteiger charge is 2.01. The van der Waals surface area contributed by atoms with E-state index in [2.05, 4.69) is 9.97 Å². The molecular formula is C8H5N3O. The Kier molecular flexibility index (Phi) is 1.25. The number of nitriles is 1. The minimum absolute atomic E-state index is 0.172. The van der Waals surface area contributed by atoms with Crippen molar-refractivity contribution in [2.75, 3.05) is 0 Å². The van der Waals surface area contributed by atoms with Crippen molar-refractivity contribution in [2.45, 2.75) is 0 Å². The van der Waals surface area contributed by atoms with Gasteiger partial charge in [0.2, 0.25) is 5.56 Å². The molecule has 0 spiro atoms. The van der Waals surface area contributed by atoms with Gasteiger partial charge in [0.15, 0.2) is 0 Å². The summed E-state index contributed by atoms with van der Waals surface area (Å²) in [6, 6.07) is 3.44. The van der Waals surface area contributed by atoms with Crippen LogP contribution in [-0.2, 0) is 0 Å². The molecule has 0 amide bonds.